The second-order valence-corrected chi connectivity index (χ2v) is 6.13. The summed E-state index contributed by atoms with van der Waals surface area (Å²) >= 11 is 0. The Morgan fingerprint density at radius 2 is 1.83 bits per heavy atom. The largest absolute Gasteiger partial charge is 0.481 e. The Morgan fingerprint density at radius 3 is 2.47 bits per heavy atom. The monoisotopic (exact) mass is 408 g/mol. The van der Waals surface area contributed by atoms with Crippen LogP contribution in [0.2, 0.25) is 0 Å². The number of carbonyl (C=O) groups is 1. The van der Waals surface area contributed by atoms with Gasteiger partial charge in [-0.25, -0.2) is 18.7 Å². The molecule has 0 unspecified atom stereocenters. The van der Waals surface area contributed by atoms with Crippen LogP contribution in [0.4, 0.5) is 14.6 Å². The zero-order valence-corrected chi connectivity index (χ0v) is 15.6. The molecule has 0 atom stereocenters. The van der Waals surface area contributed by atoms with Crippen LogP contribution in [-0.2, 0) is 0 Å². The molecule has 0 aliphatic carbocycles. The Kier molecular flexibility index (Phi) is 5.17. The lowest BCUT2D eigenvalue weighted by Crippen LogP contribution is -2.16. The number of benzene rings is 1. The van der Waals surface area contributed by atoms with Gasteiger partial charge in [-0.2, -0.15) is 0 Å². The van der Waals surface area contributed by atoms with Crippen molar-refractivity contribution in [3.63, 3.8) is 0 Å². The first kappa shape index (κ1) is 19.2. The smallest absolute Gasteiger partial charge is 0.262 e. The van der Waals surface area contributed by atoms with Crippen molar-refractivity contribution < 1.29 is 22.7 Å². The van der Waals surface area contributed by atoms with Gasteiger partial charge >= 0.3 is 0 Å². The van der Waals surface area contributed by atoms with Crippen LogP contribution in [0.25, 0.3) is 22.4 Å². The van der Waals surface area contributed by atoms with Crippen molar-refractivity contribution in [2.45, 2.75) is 0 Å². The van der Waals surface area contributed by atoms with Crippen LogP contribution in [0.5, 0.6) is 5.88 Å². The van der Waals surface area contributed by atoms with E-state index in [-0.39, 0.29) is 5.82 Å². The third-order valence-corrected chi connectivity index (χ3v) is 4.26. The normalized spacial score (nSPS) is 10.6. The number of pyridine rings is 1. The molecule has 7 nitrogen and oxygen atoms in total. The van der Waals surface area contributed by atoms with Gasteiger partial charge in [-0.1, -0.05) is 6.07 Å². The third kappa shape index (κ3) is 3.72. The fourth-order valence-corrected chi connectivity index (χ4v) is 2.81. The van der Waals surface area contributed by atoms with E-state index in [1.54, 1.807) is 24.8 Å². The first-order valence-electron chi connectivity index (χ1n) is 8.71. The number of rotatable bonds is 5. The molecular weight excluding hydrogens is 394 g/mol. The van der Waals surface area contributed by atoms with E-state index in [9.17, 15) is 13.6 Å². The summed E-state index contributed by atoms with van der Waals surface area (Å²) in [5, 5.41) is 2.33. The number of anilines is 1. The Morgan fingerprint density at radius 1 is 1.03 bits per heavy atom. The molecule has 0 saturated heterocycles. The van der Waals surface area contributed by atoms with Gasteiger partial charge < -0.3 is 14.5 Å². The maximum absolute atomic E-state index is 13.8. The van der Waals surface area contributed by atoms with Gasteiger partial charge in [0.15, 0.2) is 5.82 Å². The van der Waals surface area contributed by atoms with E-state index in [4.69, 9.17) is 9.15 Å². The van der Waals surface area contributed by atoms with Gasteiger partial charge in [-0.3, -0.25) is 9.78 Å². The van der Waals surface area contributed by atoms with Gasteiger partial charge in [0.05, 0.1) is 43.3 Å². The zero-order valence-electron chi connectivity index (χ0n) is 15.6. The van der Waals surface area contributed by atoms with Crippen LogP contribution < -0.4 is 10.1 Å². The summed E-state index contributed by atoms with van der Waals surface area (Å²) in [6.07, 6.45) is 7.44. The lowest BCUT2D eigenvalue weighted by atomic mass is 10.1. The number of furan rings is 1. The topological polar surface area (TPSA) is 90.1 Å². The Hall–Kier alpha value is -4.14. The molecule has 0 fully saturated rings. The first-order chi connectivity index (χ1) is 14.6. The van der Waals surface area contributed by atoms with Crippen molar-refractivity contribution in [1.29, 1.82) is 0 Å². The summed E-state index contributed by atoms with van der Waals surface area (Å²) in [6, 6.07) is 6.78. The number of ether oxygens (including phenoxy) is 1. The van der Waals surface area contributed by atoms with Crippen molar-refractivity contribution in [2.24, 2.45) is 0 Å². The minimum atomic E-state index is -0.969. The highest BCUT2D eigenvalue weighted by atomic mass is 19.1. The molecule has 30 heavy (non-hydrogen) atoms. The second kappa shape index (κ2) is 8.08. The minimum Gasteiger partial charge on any atom is -0.481 e. The number of amides is 1. The number of hydrogen-bond donors (Lipinski definition) is 1. The molecule has 0 radical (unpaired) electrons. The van der Waals surface area contributed by atoms with Gasteiger partial charge in [-0.05, 0) is 24.3 Å². The highest BCUT2D eigenvalue weighted by Crippen LogP contribution is 2.31. The van der Waals surface area contributed by atoms with Crippen LogP contribution >= 0.6 is 0 Å². The molecule has 0 bridgehead atoms. The maximum Gasteiger partial charge on any atom is 0.262 e. The van der Waals surface area contributed by atoms with Crippen molar-refractivity contribution in [3.05, 3.63) is 78.6 Å². The van der Waals surface area contributed by atoms with E-state index in [1.165, 1.54) is 25.6 Å². The summed E-state index contributed by atoms with van der Waals surface area (Å²) in [6.45, 7) is 0. The SMILES string of the molecule is COc1ncc(-c2ccoc2)cc1-c1cnc(NC(=O)c2c(F)cccc2F)cn1. The molecule has 0 aliphatic rings. The van der Waals surface area contributed by atoms with E-state index >= 15 is 0 Å². The van der Waals surface area contributed by atoms with E-state index in [0.29, 0.717) is 17.1 Å². The zero-order chi connectivity index (χ0) is 21.1. The van der Waals surface area contributed by atoms with Crippen LogP contribution in [0, 0.1) is 11.6 Å². The molecule has 150 valence electrons. The first-order valence-corrected chi connectivity index (χ1v) is 8.71. The lowest BCUT2D eigenvalue weighted by Gasteiger charge is -2.10. The average Bonchev–Trinajstić information content (AvgIpc) is 3.29. The van der Waals surface area contributed by atoms with Gasteiger partial charge in [-0.15, -0.1) is 0 Å². The number of halogens is 2. The van der Waals surface area contributed by atoms with E-state index in [2.05, 4.69) is 20.3 Å². The molecular formula is C21H14F2N4O3. The van der Waals surface area contributed by atoms with Gasteiger partial charge in [0.1, 0.15) is 17.2 Å². The maximum atomic E-state index is 13.8. The lowest BCUT2D eigenvalue weighted by molar-refractivity contribution is 0.101. The predicted molar refractivity (Wildman–Crippen MR) is 104 cm³/mol. The number of carbonyl (C=O) groups excluding carboxylic acids is 1. The van der Waals surface area contributed by atoms with E-state index in [1.807, 2.05) is 6.07 Å². The summed E-state index contributed by atoms with van der Waals surface area (Å²) < 4.78 is 37.9. The molecule has 0 aliphatic heterocycles. The molecule has 1 aromatic carbocycles. The van der Waals surface area contributed by atoms with Gasteiger partial charge in [0.25, 0.3) is 5.91 Å². The van der Waals surface area contributed by atoms with Crippen LogP contribution in [-0.4, -0.2) is 28.0 Å². The van der Waals surface area contributed by atoms with Gasteiger partial charge in [0, 0.05) is 17.3 Å². The van der Waals surface area contributed by atoms with Crippen molar-refractivity contribution in [3.8, 4) is 28.3 Å². The van der Waals surface area contributed by atoms with Crippen LogP contribution in [0.15, 0.2) is 65.9 Å². The molecule has 0 spiro atoms. The van der Waals surface area contributed by atoms with Crippen molar-refractivity contribution in [2.75, 3.05) is 12.4 Å². The number of nitrogens with one attached hydrogen (secondary N) is 1. The Balaban J connectivity index is 1.61. The summed E-state index contributed by atoms with van der Waals surface area (Å²) in [5.41, 5.74) is 1.92. The molecule has 4 aromatic rings. The molecule has 3 heterocycles. The summed E-state index contributed by atoms with van der Waals surface area (Å²) in [7, 11) is 1.48. The molecule has 1 N–H and O–H groups in total. The Bertz CT molecular complexity index is 1180. The summed E-state index contributed by atoms with van der Waals surface area (Å²) in [4.78, 5) is 24.8. The van der Waals surface area contributed by atoms with Crippen molar-refractivity contribution >= 4 is 11.7 Å². The fourth-order valence-electron chi connectivity index (χ4n) is 2.81. The number of hydrogen-bond acceptors (Lipinski definition) is 6. The summed E-state index contributed by atoms with van der Waals surface area (Å²) in [5.74, 6) is -2.53. The standard InChI is InChI=1S/C21H14F2N4O3/c1-29-21-14(7-13(8-26-21)12-5-6-30-11-12)17-9-25-18(10-24-17)27-20(28)19-15(22)3-2-4-16(19)23/h2-11H,1H3,(H,25,27,28). The second-order valence-electron chi connectivity index (χ2n) is 6.13. The van der Waals surface area contributed by atoms with Crippen molar-refractivity contribution in [1.82, 2.24) is 15.0 Å². The quantitative estimate of drug-likeness (QED) is 0.528. The minimum absolute atomic E-state index is 0.0318. The molecule has 4 rings (SSSR count). The van der Waals surface area contributed by atoms with Crippen LogP contribution in [0.3, 0.4) is 0 Å². The molecule has 0 saturated carbocycles. The number of methoxy groups -OCH3 is 1. The van der Waals surface area contributed by atoms with E-state index in [0.717, 1.165) is 23.3 Å². The fraction of sp³-hybridized carbons (Fsp3) is 0.0476. The highest BCUT2D eigenvalue weighted by molar-refractivity contribution is 6.04. The number of aromatic nitrogens is 3. The van der Waals surface area contributed by atoms with Gasteiger partial charge in [0.2, 0.25) is 5.88 Å². The molecule has 9 heteroatoms. The predicted octanol–water partition coefficient (Wildman–Crippen LogP) is 4.34. The molecule has 1 amide bonds. The highest BCUT2D eigenvalue weighted by Gasteiger charge is 2.18. The number of nitrogens with zero attached hydrogens (tertiary/aromatic N) is 3. The van der Waals surface area contributed by atoms with Crippen LogP contribution in [0.1, 0.15) is 10.4 Å². The average molecular weight is 408 g/mol. The van der Waals surface area contributed by atoms with E-state index < -0.39 is 23.1 Å². The third-order valence-electron chi connectivity index (χ3n) is 4.26. The Labute approximate surface area is 169 Å². The molecule has 3 aromatic heterocycles.